The molecule has 0 fully saturated rings. The highest BCUT2D eigenvalue weighted by atomic mass is 32.1. The Hall–Kier alpha value is -1.20. The van der Waals surface area contributed by atoms with Crippen molar-refractivity contribution in [3.63, 3.8) is 0 Å². The maximum absolute atomic E-state index is 13.4. The topological polar surface area (TPSA) is 27.3 Å². The molecule has 0 heterocycles. The van der Waals surface area contributed by atoms with Crippen molar-refractivity contribution in [2.24, 2.45) is 0 Å². The molecule has 1 aromatic rings. The van der Waals surface area contributed by atoms with E-state index in [1.54, 1.807) is 12.1 Å². The highest BCUT2D eigenvalue weighted by Crippen LogP contribution is 2.15. The molecule has 0 saturated carbocycles. The zero-order valence-corrected chi connectivity index (χ0v) is 11.2. The molecule has 17 heavy (non-hydrogen) atoms. The Labute approximate surface area is 107 Å². The van der Waals surface area contributed by atoms with Crippen molar-refractivity contribution in [1.82, 2.24) is 10.2 Å². The van der Waals surface area contributed by atoms with Crippen LogP contribution in [0.5, 0.6) is 0 Å². The first kappa shape index (κ1) is 13.9. The molecule has 0 aliphatic carbocycles. The van der Waals surface area contributed by atoms with Crippen molar-refractivity contribution in [2.45, 2.75) is 6.92 Å². The number of rotatable bonds is 4. The van der Waals surface area contributed by atoms with Gasteiger partial charge in [0, 0.05) is 13.1 Å². The van der Waals surface area contributed by atoms with Crippen molar-refractivity contribution in [3.8, 4) is 0 Å². The molecule has 0 aromatic heterocycles. The Morgan fingerprint density at radius 1 is 1.41 bits per heavy atom. The first-order valence-electron chi connectivity index (χ1n) is 5.45. The lowest BCUT2D eigenvalue weighted by Gasteiger charge is -2.14. The van der Waals surface area contributed by atoms with Crippen LogP contribution in [-0.4, -0.2) is 37.2 Å². The summed E-state index contributed by atoms with van der Waals surface area (Å²) in [6.07, 6.45) is 0. The van der Waals surface area contributed by atoms with E-state index < -0.39 is 0 Å². The maximum atomic E-state index is 13.4. The van der Waals surface area contributed by atoms with E-state index in [9.17, 15) is 4.39 Å². The van der Waals surface area contributed by atoms with Crippen LogP contribution in [0.15, 0.2) is 18.2 Å². The summed E-state index contributed by atoms with van der Waals surface area (Å²) < 4.78 is 13.4. The summed E-state index contributed by atoms with van der Waals surface area (Å²) in [5.74, 6) is -0.299. The summed E-state index contributed by atoms with van der Waals surface area (Å²) >= 11 is 5.08. The minimum absolute atomic E-state index is 0.299. The molecule has 3 nitrogen and oxygen atoms in total. The van der Waals surface area contributed by atoms with Gasteiger partial charge in [0.05, 0.1) is 5.69 Å². The van der Waals surface area contributed by atoms with Crippen LogP contribution in [0.4, 0.5) is 10.1 Å². The number of hydrogen-bond donors (Lipinski definition) is 2. The summed E-state index contributed by atoms with van der Waals surface area (Å²) in [4.78, 5) is 2.04. The first-order chi connectivity index (χ1) is 7.99. The van der Waals surface area contributed by atoms with Crippen LogP contribution in [0.25, 0.3) is 0 Å². The third-order valence-electron chi connectivity index (χ3n) is 2.21. The number of likely N-dealkylation sites (N-methyl/N-ethyl adjacent to an activating group) is 1. The Morgan fingerprint density at radius 3 is 2.76 bits per heavy atom. The van der Waals surface area contributed by atoms with E-state index in [4.69, 9.17) is 12.2 Å². The summed E-state index contributed by atoms with van der Waals surface area (Å²) in [7, 11) is 3.97. The van der Waals surface area contributed by atoms with Crippen LogP contribution in [0, 0.1) is 12.7 Å². The van der Waals surface area contributed by atoms with Crippen molar-refractivity contribution >= 4 is 23.0 Å². The Kier molecular flexibility index (Phi) is 5.31. The maximum Gasteiger partial charge on any atom is 0.170 e. The number of thiocarbonyl (C=S) groups is 1. The van der Waals surface area contributed by atoms with E-state index in [-0.39, 0.29) is 5.82 Å². The van der Waals surface area contributed by atoms with Gasteiger partial charge >= 0.3 is 0 Å². The highest BCUT2D eigenvalue weighted by Gasteiger charge is 2.03. The van der Waals surface area contributed by atoms with Crippen LogP contribution < -0.4 is 10.6 Å². The van der Waals surface area contributed by atoms with E-state index >= 15 is 0 Å². The van der Waals surface area contributed by atoms with Gasteiger partial charge in [0.15, 0.2) is 5.11 Å². The molecule has 0 amide bonds. The van der Waals surface area contributed by atoms with Gasteiger partial charge in [0.1, 0.15) is 5.82 Å². The average molecular weight is 255 g/mol. The average Bonchev–Trinajstić information content (AvgIpc) is 2.23. The lowest BCUT2D eigenvalue weighted by molar-refractivity contribution is 0.413. The standard InChI is InChI=1S/C12H18FN3S/c1-9-4-5-10(13)11(8-9)15-12(17)14-6-7-16(2)3/h4-5,8H,6-7H2,1-3H3,(H2,14,15,17). The lowest BCUT2D eigenvalue weighted by Crippen LogP contribution is -2.34. The predicted octanol–water partition coefficient (Wildman–Crippen LogP) is 1.98. The molecule has 0 unspecified atom stereocenters. The summed E-state index contributed by atoms with van der Waals surface area (Å²) in [5.41, 5.74) is 1.40. The summed E-state index contributed by atoms with van der Waals surface area (Å²) in [6, 6.07) is 4.89. The number of aryl methyl sites for hydroxylation is 1. The Bertz CT molecular complexity index is 393. The van der Waals surface area contributed by atoms with E-state index in [2.05, 4.69) is 10.6 Å². The fourth-order valence-corrected chi connectivity index (χ4v) is 1.51. The molecule has 94 valence electrons. The van der Waals surface area contributed by atoms with Crippen LogP contribution in [-0.2, 0) is 0 Å². The second-order valence-corrected chi connectivity index (χ2v) is 4.58. The van der Waals surface area contributed by atoms with Gasteiger partial charge in [-0.2, -0.15) is 0 Å². The van der Waals surface area contributed by atoms with Gasteiger partial charge in [-0.3, -0.25) is 0 Å². The van der Waals surface area contributed by atoms with Crippen molar-refractivity contribution < 1.29 is 4.39 Å². The third-order valence-corrected chi connectivity index (χ3v) is 2.46. The fourth-order valence-electron chi connectivity index (χ4n) is 1.29. The molecule has 1 aromatic carbocycles. The SMILES string of the molecule is Cc1ccc(F)c(NC(=S)NCCN(C)C)c1. The molecule has 2 N–H and O–H groups in total. The van der Waals surface area contributed by atoms with E-state index in [1.165, 1.54) is 6.07 Å². The Morgan fingerprint density at radius 2 is 2.12 bits per heavy atom. The molecule has 0 aliphatic heterocycles. The van der Waals surface area contributed by atoms with Gasteiger partial charge < -0.3 is 15.5 Å². The number of hydrogen-bond acceptors (Lipinski definition) is 2. The van der Waals surface area contributed by atoms with Gasteiger partial charge in [0.2, 0.25) is 0 Å². The second kappa shape index (κ2) is 6.51. The van der Waals surface area contributed by atoms with Gasteiger partial charge in [0.25, 0.3) is 0 Å². The molecule has 1 rings (SSSR count). The van der Waals surface area contributed by atoms with Gasteiger partial charge in [-0.25, -0.2) is 4.39 Å². The molecule has 0 saturated heterocycles. The highest BCUT2D eigenvalue weighted by molar-refractivity contribution is 7.80. The first-order valence-corrected chi connectivity index (χ1v) is 5.85. The quantitative estimate of drug-likeness (QED) is 0.805. The molecule has 5 heteroatoms. The largest absolute Gasteiger partial charge is 0.361 e. The number of nitrogens with zero attached hydrogens (tertiary/aromatic N) is 1. The molecule has 0 atom stereocenters. The van der Waals surface area contributed by atoms with Crippen LogP contribution >= 0.6 is 12.2 Å². The smallest absolute Gasteiger partial charge is 0.170 e. The van der Waals surface area contributed by atoms with Crippen LogP contribution in [0.2, 0.25) is 0 Å². The normalized spacial score (nSPS) is 10.4. The molecular formula is C12H18FN3S. The molecule has 0 radical (unpaired) electrons. The Balaban J connectivity index is 2.47. The van der Waals surface area contributed by atoms with E-state index in [1.807, 2.05) is 25.9 Å². The van der Waals surface area contributed by atoms with Crippen LogP contribution in [0.3, 0.4) is 0 Å². The molecule has 0 aliphatic rings. The lowest BCUT2D eigenvalue weighted by atomic mass is 10.2. The number of nitrogens with one attached hydrogen (secondary N) is 2. The second-order valence-electron chi connectivity index (χ2n) is 4.17. The van der Waals surface area contributed by atoms with Gasteiger partial charge in [-0.05, 0) is 50.9 Å². The predicted molar refractivity (Wildman–Crippen MR) is 73.9 cm³/mol. The monoisotopic (exact) mass is 255 g/mol. The van der Waals surface area contributed by atoms with Crippen LogP contribution in [0.1, 0.15) is 5.56 Å². The molecule has 0 bridgehead atoms. The zero-order chi connectivity index (χ0) is 12.8. The van der Waals surface area contributed by atoms with Crippen molar-refractivity contribution in [3.05, 3.63) is 29.6 Å². The number of halogens is 1. The van der Waals surface area contributed by atoms with Crippen molar-refractivity contribution in [2.75, 3.05) is 32.5 Å². The summed E-state index contributed by atoms with van der Waals surface area (Å²) in [6.45, 7) is 3.51. The van der Waals surface area contributed by atoms with E-state index in [0.29, 0.717) is 10.8 Å². The fraction of sp³-hybridized carbons (Fsp3) is 0.417. The van der Waals surface area contributed by atoms with Crippen molar-refractivity contribution in [1.29, 1.82) is 0 Å². The summed E-state index contributed by atoms with van der Waals surface area (Å²) in [5, 5.41) is 6.31. The third kappa shape index (κ3) is 5.10. The van der Waals surface area contributed by atoms with E-state index in [0.717, 1.165) is 18.7 Å². The molecular weight excluding hydrogens is 237 g/mol. The number of benzene rings is 1. The minimum atomic E-state index is -0.299. The number of anilines is 1. The van der Waals surface area contributed by atoms with Gasteiger partial charge in [-0.15, -0.1) is 0 Å². The van der Waals surface area contributed by atoms with Gasteiger partial charge in [-0.1, -0.05) is 6.07 Å². The molecule has 0 spiro atoms. The zero-order valence-electron chi connectivity index (χ0n) is 10.4. The minimum Gasteiger partial charge on any atom is -0.361 e.